The third kappa shape index (κ3) is 7.47. The van der Waals surface area contributed by atoms with Crippen molar-refractivity contribution in [3.05, 3.63) is 35.9 Å². The molecule has 0 aromatic heterocycles. The predicted molar refractivity (Wildman–Crippen MR) is 145 cm³/mol. The van der Waals surface area contributed by atoms with Crippen LogP contribution in [0, 0.1) is 10.8 Å². The van der Waals surface area contributed by atoms with Crippen molar-refractivity contribution >= 4 is 23.7 Å². The second-order valence-corrected chi connectivity index (χ2v) is 11.4. The van der Waals surface area contributed by atoms with Gasteiger partial charge in [0.15, 0.2) is 17.3 Å². The monoisotopic (exact) mass is 544 g/mol. The van der Waals surface area contributed by atoms with Crippen LogP contribution in [0.1, 0.15) is 103 Å². The Bertz CT molecular complexity index is 992. The summed E-state index contributed by atoms with van der Waals surface area (Å²) in [5.74, 6) is -2.75. The predicted octanol–water partition coefficient (Wildman–Crippen LogP) is 5.18. The zero-order valence-corrected chi connectivity index (χ0v) is 23.4. The molecule has 3 rings (SSSR count). The lowest BCUT2D eigenvalue weighted by molar-refractivity contribution is -0.175. The standard InChI is InChI=1S/C31H44O8/c1-3-4-5-6-10-15-26(34)39-28-27(35)30(20-18-25(33)31(28,21-30)29(36)37)19-11-14-24(38-22(2)32)17-16-23-12-8-7-9-13-23/h7-9,12-13,24,27-28,35H,3-6,10-11,14-21H2,1-2H3,(H,36,37)/t24?,27-,28+,30?,31?/m0/s1. The van der Waals surface area contributed by atoms with Crippen LogP contribution in [0.2, 0.25) is 0 Å². The van der Waals surface area contributed by atoms with Gasteiger partial charge in [0.2, 0.25) is 0 Å². The first-order chi connectivity index (χ1) is 18.6. The molecule has 8 nitrogen and oxygen atoms in total. The fourth-order valence-corrected chi connectivity index (χ4v) is 6.50. The smallest absolute Gasteiger partial charge is 0.321 e. The fraction of sp³-hybridized carbons (Fsp3) is 0.677. The molecule has 216 valence electrons. The number of hydrogen-bond donors (Lipinski definition) is 2. The number of ether oxygens (including phenoxy) is 2. The molecular formula is C31H44O8. The van der Waals surface area contributed by atoms with Gasteiger partial charge in [0.25, 0.3) is 0 Å². The summed E-state index contributed by atoms with van der Waals surface area (Å²) in [6.45, 7) is 3.48. The van der Waals surface area contributed by atoms with E-state index >= 15 is 0 Å². The Morgan fingerprint density at radius 3 is 2.44 bits per heavy atom. The minimum atomic E-state index is -1.92. The third-order valence-electron chi connectivity index (χ3n) is 8.63. The second-order valence-electron chi connectivity index (χ2n) is 11.4. The van der Waals surface area contributed by atoms with Gasteiger partial charge in [-0.15, -0.1) is 0 Å². The Morgan fingerprint density at radius 1 is 1.05 bits per heavy atom. The lowest BCUT2D eigenvalue weighted by Gasteiger charge is -2.37. The maximum Gasteiger partial charge on any atom is 0.321 e. The summed E-state index contributed by atoms with van der Waals surface area (Å²) in [6, 6.07) is 9.92. The number of esters is 2. The second kappa shape index (κ2) is 14.1. The van der Waals surface area contributed by atoms with E-state index in [-0.39, 0.29) is 31.3 Å². The highest BCUT2D eigenvalue weighted by atomic mass is 16.6. The van der Waals surface area contributed by atoms with Crippen LogP contribution in [0.5, 0.6) is 0 Å². The van der Waals surface area contributed by atoms with Crippen LogP contribution in [-0.2, 0) is 35.1 Å². The number of aryl methyl sites for hydroxylation is 1. The molecule has 2 aliphatic rings. The number of fused-ring (bicyclic) bond motifs is 2. The summed E-state index contributed by atoms with van der Waals surface area (Å²) in [4.78, 5) is 49.9. The van der Waals surface area contributed by atoms with Crippen molar-refractivity contribution in [2.24, 2.45) is 10.8 Å². The average Bonchev–Trinajstić information content (AvgIpc) is 3.10. The topological polar surface area (TPSA) is 127 Å². The van der Waals surface area contributed by atoms with Crippen LogP contribution in [0.3, 0.4) is 0 Å². The Morgan fingerprint density at radius 2 is 1.77 bits per heavy atom. The first-order valence-corrected chi connectivity index (χ1v) is 14.5. The van der Waals surface area contributed by atoms with E-state index < -0.39 is 40.8 Å². The molecule has 5 atom stereocenters. The van der Waals surface area contributed by atoms with Gasteiger partial charge in [-0.25, -0.2) is 0 Å². The molecule has 8 heteroatoms. The van der Waals surface area contributed by atoms with Gasteiger partial charge >= 0.3 is 17.9 Å². The van der Waals surface area contributed by atoms with Gasteiger partial charge in [-0.1, -0.05) is 62.9 Å². The number of aliphatic hydroxyl groups is 1. The molecule has 2 saturated carbocycles. The minimum absolute atomic E-state index is 0.0236. The SMILES string of the molecule is CCCCCCCC(=O)O[C@@H]1[C@H](O)C2(CCCC(CCc3ccccc3)OC(C)=O)CCC(=O)C1(C(=O)O)C2. The summed E-state index contributed by atoms with van der Waals surface area (Å²) >= 11 is 0. The molecule has 2 fully saturated rings. The van der Waals surface area contributed by atoms with Crippen molar-refractivity contribution in [1.82, 2.24) is 0 Å². The third-order valence-corrected chi connectivity index (χ3v) is 8.63. The number of aliphatic hydroxyl groups excluding tert-OH is 1. The molecule has 2 N–H and O–H groups in total. The molecule has 0 heterocycles. The van der Waals surface area contributed by atoms with Gasteiger partial charge < -0.3 is 19.7 Å². The number of benzene rings is 1. The van der Waals surface area contributed by atoms with E-state index in [2.05, 4.69) is 6.92 Å². The molecule has 0 spiro atoms. The van der Waals surface area contributed by atoms with Gasteiger partial charge in [0, 0.05) is 25.2 Å². The largest absolute Gasteiger partial charge is 0.480 e. The lowest BCUT2D eigenvalue weighted by Crippen LogP contribution is -2.50. The van der Waals surface area contributed by atoms with E-state index in [1.54, 1.807) is 0 Å². The fourth-order valence-electron chi connectivity index (χ4n) is 6.50. The van der Waals surface area contributed by atoms with Crippen molar-refractivity contribution in [2.45, 2.75) is 122 Å². The molecular weight excluding hydrogens is 500 g/mol. The number of aliphatic carboxylic acids is 1. The zero-order chi connectivity index (χ0) is 28.5. The minimum Gasteiger partial charge on any atom is -0.480 e. The molecule has 3 unspecified atom stereocenters. The van der Waals surface area contributed by atoms with Crippen LogP contribution >= 0.6 is 0 Å². The number of hydrogen-bond acceptors (Lipinski definition) is 7. The highest BCUT2D eigenvalue weighted by Crippen LogP contribution is 2.60. The Kier molecular flexibility index (Phi) is 11.1. The normalized spacial score (nSPS) is 26.7. The van der Waals surface area contributed by atoms with Crippen molar-refractivity contribution in [1.29, 1.82) is 0 Å². The molecule has 2 aliphatic carbocycles. The van der Waals surface area contributed by atoms with Crippen molar-refractivity contribution in [2.75, 3.05) is 0 Å². The molecule has 1 aromatic carbocycles. The van der Waals surface area contributed by atoms with Gasteiger partial charge in [-0.3, -0.25) is 19.2 Å². The van der Waals surface area contributed by atoms with Crippen LogP contribution in [-0.4, -0.2) is 52.2 Å². The number of ketones is 1. The average molecular weight is 545 g/mol. The molecule has 0 amide bonds. The highest BCUT2D eigenvalue weighted by molar-refractivity contribution is 6.05. The summed E-state index contributed by atoms with van der Waals surface area (Å²) < 4.78 is 11.2. The van der Waals surface area contributed by atoms with Crippen molar-refractivity contribution < 1.29 is 38.9 Å². The maximum atomic E-state index is 13.0. The summed E-state index contributed by atoms with van der Waals surface area (Å²) in [6.07, 6.45) is 5.15. The molecule has 0 radical (unpaired) electrons. The van der Waals surface area contributed by atoms with Gasteiger partial charge in [-0.05, 0) is 56.9 Å². The highest BCUT2D eigenvalue weighted by Gasteiger charge is 2.71. The van der Waals surface area contributed by atoms with E-state index in [0.29, 0.717) is 38.5 Å². The number of rotatable bonds is 16. The van der Waals surface area contributed by atoms with Crippen LogP contribution in [0.4, 0.5) is 0 Å². The Hall–Kier alpha value is -2.74. The number of Topliss-reactive ketones (excluding diaryl/α,β-unsaturated/α-hetero) is 1. The van der Waals surface area contributed by atoms with E-state index in [0.717, 1.165) is 37.7 Å². The summed E-state index contributed by atoms with van der Waals surface area (Å²) in [5, 5.41) is 21.6. The maximum absolute atomic E-state index is 13.0. The van der Waals surface area contributed by atoms with Crippen molar-refractivity contribution in [3.63, 3.8) is 0 Å². The van der Waals surface area contributed by atoms with E-state index in [1.165, 1.54) is 6.92 Å². The van der Waals surface area contributed by atoms with E-state index in [4.69, 9.17) is 9.47 Å². The van der Waals surface area contributed by atoms with Gasteiger partial charge in [0.1, 0.15) is 6.10 Å². The van der Waals surface area contributed by atoms with E-state index in [9.17, 15) is 29.4 Å². The Balaban J connectivity index is 1.66. The van der Waals surface area contributed by atoms with Gasteiger partial charge in [0.05, 0.1) is 6.10 Å². The number of unbranched alkanes of at least 4 members (excludes halogenated alkanes) is 4. The Labute approximate surface area is 231 Å². The van der Waals surface area contributed by atoms with Crippen LogP contribution in [0.25, 0.3) is 0 Å². The molecule has 0 aliphatic heterocycles. The first kappa shape index (κ1) is 30.8. The number of carboxylic acid groups (broad SMARTS) is 1. The zero-order valence-electron chi connectivity index (χ0n) is 23.4. The summed E-state index contributed by atoms with van der Waals surface area (Å²) in [5.41, 5.74) is -1.62. The quantitative estimate of drug-likeness (QED) is 0.166. The number of carbonyl (C=O) groups excluding carboxylic acids is 3. The number of carboxylic acids is 1. The lowest BCUT2D eigenvalue weighted by atomic mass is 9.65. The summed E-state index contributed by atoms with van der Waals surface area (Å²) in [7, 11) is 0. The van der Waals surface area contributed by atoms with Crippen molar-refractivity contribution in [3.8, 4) is 0 Å². The molecule has 1 aromatic rings. The number of carbonyl (C=O) groups is 4. The van der Waals surface area contributed by atoms with Crippen LogP contribution in [0.15, 0.2) is 30.3 Å². The molecule has 2 bridgehead atoms. The van der Waals surface area contributed by atoms with Gasteiger partial charge in [-0.2, -0.15) is 0 Å². The first-order valence-electron chi connectivity index (χ1n) is 14.5. The molecule has 0 saturated heterocycles. The molecule has 39 heavy (non-hydrogen) atoms. The van der Waals surface area contributed by atoms with Crippen LogP contribution < -0.4 is 0 Å². The van der Waals surface area contributed by atoms with E-state index in [1.807, 2.05) is 30.3 Å².